The first-order chi connectivity index (χ1) is 8.84. The maximum atomic E-state index is 5.61. The van der Waals surface area contributed by atoms with Crippen LogP contribution in [-0.4, -0.2) is 24.2 Å². The Morgan fingerprint density at radius 1 is 1.33 bits per heavy atom. The number of anilines is 1. The summed E-state index contributed by atoms with van der Waals surface area (Å²) in [6, 6.07) is 8.19. The summed E-state index contributed by atoms with van der Waals surface area (Å²) in [6.07, 6.45) is 4.47. The third-order valence-corrected chi connectivity index (χ3v) is 3.97. The van der Waals surface area contributed by atoms with Crippen LogP contribution in [0.4, 0.5) is 5.82 Å². The number of fused-ring (bicyclic) bond motifs is 1. The Balaban J connectivity index is 1.85. The van der Waals surface area contributed by atoms with Gasteiger partial charge in [0.25, 0.3) is 0 Å². The molecule has 1 fully saturated rings. The molecule has 1 unspecified atom stereocenters. The molecule has 0 bridgehead atoms. The summed E-state index contributed by atoms with van der Waals surface area (Å²) < 4.78 is 6.71. The molecule has 1 saturated heterocycles. The van der Waals surface area contributed by atoms with Crippen LogP contribution in [0.1, 0.15) is 12.8 Å². The summed E-state index contributed by atoms with van der Waals surface area (Å²) in [5.41, 5.74) is 0. The van der Waals surface area contributed by atoms with Crippen molar-refractivity contribution >= 4 is 32.5 Å². The largest absolute Gasteiger partial charge is 0.376 e. The van der Waals surface area contributed by atoms with Crippen molar-refractivity contribution in [1.82, 2.24) is 4.98 Å². The zero-order chi connectivity index (χ0) is 12.4. The standard InChI is InChI=1S/C14H15BrN2O/c15-13-5-1-4-12-11(13)6-7-16-14(12)17-9-10-3-2-8-18-10/h1,4-7,10H,2-3,8-9H2,(H,16,17). The lowest BCUT2D eigenvalue weighted by molar-refractivity contribution is 0.120. The summed E-state index contributed by atoms with van der Waals surface area (Å²) in [4.78, 5) is 4.42. The van der Waals surface area contributed by atoms with Crippen molar-refractivity contribution in [3.63, 3.8) is 0 Å². The maximum absolute atomic E-state index is 5.61. The van der Waals surface area contributed by atoms with E-state index in [2.05, 4.69) is 32.3 Å². The maximum Gasteiger partial charge on any atom is 0.133 e. The van der Waals surface area contributed by atoms with Crippen LogP contribution in [0.3, 0.4) is 0 Å². The number of nitrogens with zero attached hydrogens (tertiary/aromatic N) is 1. The molecule has 2 heterocycles. The van der Waals surface area contributed by atoms with E-state index >= 15 is 0 Å². The zero-order valence-corrected chi connectivity index (χ0v) is 11.6. The summed E-state index contributed by atoms with van der Waals surface area (Å²) in [7, 11) is 0. The van der Waals surface area contributed by atoms with Gasteiger partial charge < -0.3 is 10.1 Å². The van der Waals surface area contributed by atoms with Gasteiger partial charge in [0.15, 0.2) is 0 Å². The molecule has 0 saturated carbocycles. The minimum atomic E-state index is 0.328. The number of benzene rings is 1. The third-order valence-electron chi connectivity index (χ3n) is 3.27. The van der Waals surface area contributed by atoms with Crippen molar-refractivity contribution < 1.29 is 4.74 Å². The first-order valence-corrected chi connectivity index (χ1v) is 7.02. The molecule has 1 aliphatic heterocycles. The minimum absolute atomic E-state index is 0.328. The fourth-order valence-electron chi connectivity index (χ4n) is 2.33. The van der Waals surface area contributed by atoms with Crippen molar-refractivity contribution in [3.05, 3.63) is 34.9 Å². The summed E-state index contributed by atoms with van der Waals surface area (Å²) in [6.45, 7) is 1.72. The zero-order valence-electron chi connectivity index (χ0n) is 10.0. The molecule has 0 aliphatic carbocycles. The summed E-state index contributed by atoms with van der Waals surface area (Å²) in [5.74, 6) is 0.935. The van der Waals surface area contributed by atoms with Crippen LogP contribution >= 0.6 is 15.9 Å². The molecule has 1 aromatic carbocycles. The Labute approximate surface area is 115 Å². The second-order valence-electron chi connectivity index (χ2n) is 4.51. The van der Waals surface area contributed by atoms with Gasteiger partial charge in [-0.2, -0.15) is 0 Å². The average Bonchev–Trinajstić information content (AvgIpc) is 2.90. The quantitative estimate of drug-likeness (QED) is 0.941. The predicted octanol–water partition coefficient (Wildman–Crippen LogP) is 3.59. The van der Waals surface area contributed by atoms with E-state index in [4.69, 9.17) is 4.74 Å². The molecule has 0 radical (unpaired) electrons. The molecular weight excluding hydrogens is 292 g/mol. The van der Waals surface area contributed by atoms with E-state index < -0.39 is 0 Å². The molecule has 1 aromatic heterocycles. The van der Waals surface area contributed by atoms with Gasteiger partial charge in [-0.15, -0.1) is 0 Å². The molecule has 2 aromatic rings. The normalized spacial score (nSPS) is 19.3. The van der Waals surface area contributed by atoms with E-state index in [-0.39, 0.29) is 0 Å². The predicted molar refractivity (Wildman–Crippen MR) is 76.9 cm³/mol. The molecule has 3 nitrogen and oxygen atoms in total. The first kappa shape index (κ1) is 11.9. The van der Waals surface area contributed by atoms with Crippen LogP contribution in [0, 0.1) is 0 Å². The second kappa shape index (κ2) is 5.24. The third kappa shape index (κ3) is 2.35. The number of nitrogens with one attached hydrogen (secondary N) is 1. The highest BCUT2D eigenvalue weighted by Gasteiger charge is 2.15. The highest BCUT2D eigenvalue weighted by Crippen LogP contribution is 2.27. The lowest BCUT2D eigenvalue weighted by Gasteiger charge is -2.13. The SMILES string of the molecule is Brc1cccc2c(NCC3CCCO3)nccc12. The van der Waals surface area contributed by atoms with Gasteiger partial charge in [0.1, 0.15) is 5.82 Å². The molecular formula is C14H15BrN2O. The number of aromatic nitrogens is 1. The van der Waals surface area contributed by atoms with E-state index in [1.807, 2.05) is 24.4 Å². The Kier molecular flexibility index (Phi) is 3.48. The monoisotopic (exact) mass is 306 g/mol. The smallest absolute Gasteiger partial charge is 0.133 e. The fourth-order valence-corrected chi connectivity index (χ4v) is 2.82. The lowest BCUT2D eigenvalue weighted by atomic mass is 10.1. The number of hydrogen-bond donors (Lipinski definition) is 1. The van der Waals surface area contributed by atoms with E-state index in [1.54, 1.807) is 0 Å². The van der Waals surface area contributed by atoms with Crippen molar-refractivity contribution in [2.75, 3.05) is 18.5 Å². The van der Waals surface area contributed by atoms with Crippen LogP contribution in [0.5, 0.6) is 0 Å². The molecule has 4 heteroatoms. The van der Waals surface area contributed by atoms with Gasteiger partial charge in [-0.05, 0) is 25.0 Å². The summed E-state index contributed by atoms with van der Waals surface area (Å²) in [5, 5.41) is 5.73. The molecule has 0 amide bonds. The van der Waals surface area contributed by atoms with Crippen LogP contribution in [0.15, 0.2) is 34.9 Å². The fraction of sp³-hybridized carbons (Fsp3) is 0.357. The average molecular weight is 307 g/mol. The number of ether oxygens (including phenoxy) is 1. The van der Waals surface area contributed by atoms with Crippen molar-refractivity contribution in [3.8, 4) is 0 Å². The van der Waals surface area contributed by atoms with Crippen LogP contribution in [0.2, 0.25) is 0 Å². The van der Waals surface area contributed by atoms with E-state index in [0.717, 1.165) is 35.2 Å². The Morgan fingerprint density at radius 3 is 3.11 bits per heavy atom. The van der Waals surface area contributed by atoms with Crippen molar-refractivity contribution in [1.29, 1.82) is 0 Å². The van der Waals surface area contributed by atoms with E-state index in [0.29, 0.717) is 6.10 Å². The molecule has 18 heavy (non-hydrogen) atoms. The van der Waals surface area contributed by atoms with Gasteiger partial charge in [-0.1, -0.05) is 28.1 Å². The molecule has 0 spiro atoms. The van der Waals surface area contributed by atoms with Crippen LogP contribution in [-0.2, 0) is 4.74 Å². The number of hydrogen-bond acceptors (Lipinski definition) is 3. The molecule has 1 N–H and O–H groups in total. The number of pyridine rings is 1. The van der Waals surface area contributed by atoms with E-state index in [1.165, 1.54) is 11.8 Å². The van der Waals surface area contributed by atoms with Gasteiger partial charge in [0.2, 0.25) is 0 Å². The minimum Gasteiger partial charge on any atom is -0.376 e. The van der Waals surface area contributed by atoms with Crippen LogP contribution in [0.25, 0.3) is 10.8 Å². The Bertz CT molecular complexity index is 552. The number of rotatable bonds is 3. The highest BCUT2D eigenvalue weighted by atomic mass is 79.9. The van der Waals surface area contributed by atoms with Crippen molar-refractivity contribution in [2.45, 2.75) is 18.9 Å². The molecule has 94 valence electrons. The van der Waals surface area contributed by atoms with Gasteiger partial charge >= 0.3 is 0 Å². The Hall–Kier alpha value is -1.13. The highest BCUT2D eigenvalue weighted by molar-refractivity contribution is 9.10. The van der Waals surface area contributed by atoms with Gasteiger partial charge in [-0.25, -0.2) is 4.98 Å². The van der Waals surface area contributed by atoms with Gasteiger partial charge in [0, 0.05) is 34.6 Å². The molecule has 1 atom stereocenters. The topological polar surface area (TPSA) is 34.1 Å². The van der Waals surface area contributed by atoms with Crippen LogP contribution < -0.4 is 5.32 Å². The second-order valence-corrected chi connectivity index (χ2v) is 5.36. The van der Waals surface area contributed by atoms with E-state index in [9.17, 15) is 0 Å². The first-order valence-electron chi connectivity index (χ1n) is 6.23. The van der Waals surface area contributed by atoms with Gasteiger partial charge in [0.05, 0.1) is 6.10 Å². The Morgan fingerprint density at radius 2 is 2.28 bits per heavy atom. The molecule has 3 rings (SSSR count). The summed E-state index contributed by atoms with van der Waals surface area (Å²) >= 11 is 3.57. The lowest BCUT2D eigenvalue weighted by Crippen LogP contribution is -2.19. The van der Waals surface area contributed by atoms with Gasteiger partial charge in [-0.3, -0.25) is 0 Å². The molecule has 1 aliphatic rings. The van der Waals surface area contributed by atoms with Crippen molar-refractivity contribution in [2.24, 2.45) is 0 Å². The number of halogens is 1.